The average Bonchev–Trinajstić information content (AvgIpc) is 2.96. The third-order valence-corrected chi connectivity index (χ3v) is 13.6. The summed E-state index contributed by atoms with van der Waals surface area (Å²) < 4.78 is 35.4. The number of aryl methyl sites for hydroxylation is 1. The van der Waals surface area contributed by atoms with Gasteiger partial charge in [0, 0.05) is 13.0 Å². The Morgan fingerprint density at radius 3 is 2.28 bits per heavy atom. The van der Waals surface area contributed by atoms with Crippen molar-refractivity contribution in [3.8, 4) is 0 Å². The molecule has 1 aliphatic carbocycles. The molecule has 5 nitrogen and oxygen atoms in total. The summed E-state index contributed by atoms with van der Waals surface area (Å²) in [5.41, 5.74) is 0.116. The van der Waals surface area contributed by atoms with Crippen LogP contribution in [0.2, 0.25) is 18.1 Å². The van der Waals surface area contributed by atoms with Crippen molar-refractivity contribution in [2.24, 2.45) is 0 Å². The van der Waals surface area contributed by atoms with Crippen LogP contribution in [0.15, 0.2) is 29.2 Å². The number of carbonyl (C=O) groups is 1. The zero-order valence-electron chi connectivity index (χ0n) is 18.6. The first-order chi connectivity index (χ1) is 13.3. The minimum atomic E-state index is -3.78. The van der Waals surface area contributed by atoms with Crippen LogP contribution in [0.4, 0.5) is 0 Å². The zero-order valence-corrected chi connectivity index (χ0v) is 20.4. The fourth-order valence-corrected chi connectivity index (χ4v) is 7.49. The number of nitrogens with zero attached hydrogens (tertiary/aromatic N) is 1. The summed E-state index contributed by atoms with van der Waals surface area (Å²) in [6.45, 7) is 13.1. The van der Waals surface area contributed by atoms with E-state index < -0.39 is 23.9 Å². The highest BCUT2D eigenvalue weighted by Crippen LogP contribution is 2.45. The second-order valence-corrected chi connectivity index (χ2v) is 16.8. The normalized spacial score (nSPS) is 27.0. The monoisotopic (exact) mass is 437 g/mol. The number of sulfonamides is 1. The predicted octanol–water partition coefficient (Wildman–Crippen LogP) is 4.66. The van der Waals surface area contributed by atoms with Crippen molar-refractivity contribution in [3.63, 3.8) is 0 Å². The van der Waals surface area contributed by atoms with Crippen LogP contribution >= 0.6 is 0 Å². The summed E-state index contributed by atoms with van der Waals surface area (Å²) in [6.07, 6.45) is 2.95. The molecule has 1 unspecified atom stereocenters. The van der Waals surface area contributed by atoms with Gasteiger partial charge in [-0.2, -0.15) is 4.31 Å². The molecule has 1 saturated carbocycles. The molecule has 3 rings (SSSR count). The van der Waals surface area contributed by atoms with E-state index in [4.69, 9.17) is 4.43 Å². The van der Waals surface area contributed by atoms with Crippen LogP contribution in [-0.2, 0) is 19.2 Å². The molecule has 0 amide bonds. The standard InChI is InChI=1S/C22H35NO4SSi/c1-17-9-11-19(12-10-17)28(25,26)23-16-18(27-29(5,6)21(2,3)4)13-15-22(23)14-7-8-20(22)24/h9-12,18H,7-8,13-16H2,1-6H3/t18-,22?/m0/s1. The van der Waals surface area contributed by atoms with Gasteiger partial charge in [-0.25, -0.2) is 8.42 Å². The Balaban J connectivity index is 1.97. The minimum Gasteiger partial charge on any atom is -0.413 e. The van der Waals surface area contributed by atoms with Gasteiger partial charge >= 0.3 is 0 Å². The lowest BCUT2D eigenvalue weighted by molar-refractivity contribution is -0.128. The summed E-state index contributed by atoms with van der Waals surface area (Å²) in [5, 5.41) is 0.0476. The van der Waals surface area contributed by atoms with Crippen LogP contribution in [-0.4, -0.2) is 45.0 Å². The van der Waals surface area contributed by atoms with Gasteiger partial charge in [0.2, 0.25) is 10.0 Å². The summed E-state index contributed by atoms with van der Waals surface area (Å²) in [6, 6.07) is 6.92. The van der Waals surface area contributed by atoms with Gasteiger partial charge in [0.25, 0.3) is 0 Å². The molecule has 0 N–H and O–H groups in total. The second kappa shape index (κ2) is 7.59. The van der Waals surface area contributed by atoms with Gasteiger partial charge in [-0.05, 0) is 62.9 Å². The number of rotatable bonds is 4. The molecule has 2 atom stereocenters. The molecule has 162 valence electrons. The van der Waals surface area contributed by atoms with Crippen molar-refractivity contribution >= 4 is 24.1 Å². The highest BCUT2D eigenvalue weighted by molar-refractivity contribution is 7.89. The minimum absolute atomic E-state index is 0.0476. The molecule has 1 aromatic carbocycles. The molecule has 2 fully saturated rings. The van der Waals surface area contributed by atoms with Gasteiger partial charge in [0.1, 0.15) is 0 Å². The maximum atomic E-state index is 13.6. The smallest absolute Gasteiger partial charge is 0.244 e. The van der Waals surface area contributed by atoms with E-state index in [2.05, 4.69) is 33.9 Å². The molecule has 1 aliphatic heterocycles. The molecule has 0 radical (unpaired) electrons. The molecule has 2 aliphatic rings. The van der Waals surface area contributed by atoms with Crippen LogP contribution in [0.5, 0.6) is 0 Å². The van der Waals surface area contributed by atoms with E-state index in [1.54, 1.807) is 12.1 Å². The van der Waals surface area contributed by atoms with Gasteiger partial charge in [-0.15, -0.1) is 0 Å². The fraction of sp³-hybridized carbons (Fsp3) is 0.682. The fourth-order valence-electron chi connectivity index (χ4n) is 4.27. The molecule has 0 aromatic heterocycles. The van der Waals surface area contributed by atoms with E-state index in [0.717, 1.165) is 18.4 Å². The number of benzene rings is 1. The van der Waals surface area contributed by atoms with Gasteiger partial charge in [-0.1, -0.05) is 38.5 Å². The van der Waals surface area contributed by atoms with Crippen molar-refractivity contribution in [3.05, 3.63) is 29.8 Å². The Morgan fingerprint density at radius 1 is 1.14 bits per heavy atom. The van der Waals surface area contributed by atoms with E-state index in [0.29, 0.717) is 19.3 Å². The second-order valence-electron chi connectivity index (χ2n) is 10.2. The third kappa shape index (κ3) is 4.11. The number of hydrogen-bond acceptors (Lipinski definition) is 4. The molecular formula is C22H35NO4SSi. The quantitative estimate of drug-likeness (QED) is 0.643. The van der Waals surface area contributed by atoms with E-state index >= 15 is 0 Å². The van der Waals surface area contributed by atoms with E-state index in [1.807, 2.05) is 19.1 Å². The lowest BCUT2D eigenvalue weighted by Crippen LogP contribution is -2.61. The van der Waals surface area contributed by atoms with Gasteiger partial charge in [-0.3, -0.25) is 4.79 Å². The first-order valence-corrected chi connectivity index (χ1v) is 15.0. The maximum Gasteiger partial charge on any atom is 0.244 e. The van der Waals surface area contributed by atoms with Crippen molar-refractivity contribution in [1.29, 1.82) is 0 Å². The summed E-state index contributed by atoms with van der Waals surface area (Å²) in [4.78, 5) is 13.2. The van der Waals surface area contributed by atoms with E-state index in [9.17, 15) is 13.2 Å². The topological polar surface area (TPSA) is 63.7 Å². The Hall–Kier alpha value is -1.02. The largest absolute Gasteiger partial charge is 0.413 e. The number of piperidine rings is 1. The van der Waals surface area contributed by atoms with Crippen LogP contribution < -0.4 is 0 Å². The van der Waals surface area contributed by atoms with Gasteiger partial charge < -0.3 is 4.43 Å². The van der Waals surface area contributed by atoms with Crippen LogP contribution in [0.3, 0.4) is 0 Å². The van der Waals surface area contributed by atoms with Crippen molar-refractivity contribution < 1.29 is 17.6 Å². The molecule has 1 aromatic rings. The summed E-state index contributed by atoms with van der Waals surface area (Å²) >= 11 is 0. The molecule has 29 heavy (non-hydrogen) atoms. The Labute approximate surface area is 177 Å². The summed E-state index contributed by atoms with van der Waals surface area (Å²) in [5.74, 6) is 0.0685. The number of carbonyl (C=O) groups excluding carboxylic acids is 1. The number of Topliss-reactive ketones (excluding diaryl/α,β-unsaturated/α-hetero) is 1. The van der Waals surface area contributed by atoms with E-state index in [1.165, 1.54) is 4.31 Å². The van der Waals surface area contributed by atoms with Gasteiger partial charge in [0.05, 0.1) is 16.5 Å². The Kier molecular flexibility index (Phi) is 5.93. The molecule has 0 bridgehead atoms. The van der Waals surface area contributed by atoms with Crippen molar-refractivity contribution in [2.75, 3.05) is 6.54 Å². The van der Waals surface area contributed by atoms with Crippen molar-refractivity contribution in [2.45, 2.75) is 94.5 Å². The SMILES string of the molecule is Cc1ccc(S(=O)(=O)N2C[C@@H](O[Si](C)(C)C(C)(C)C)CCC23CCCC3=O)cc1. The van der Waals surface area contributed by atoms with Crippen LogP contribution in [0, 0.1) is 6.92 Å². The van der Waals surface area contributed by atoms with Gasteiger partial charge in [0.15, 0.2) is 14.1 Å². The zero-order chi connectivity index (χ0) is 21.7. The summed E-state index contributed by atoms with van der Waals surface area (Å²) in [7, 11) is -5.82. The van der Waals surface area contributed by atoms with E-state index in [-0.39, 0.29) is 28.4 Å². The predicted molar refractivity (Wildman–Crippen MR) is 118 cm³/mol. The number of hydrogen-bond donors (Lipinski definition) is 0. The molecule has 1 heterocycles. The van der Waals surface area contributed by atoms with Crippen LogP contribution in [0.1, 0.15) is 58.4 Å². The Morgan fingerprint density at radius 2 is 1.76 bits per heavy atom. The van der Waals surface area contributed by atoms with Crippen LogP contribution in [0.25, 0.3) is 0 Å². The highest BCUT2D eigenvalue weighted by atomic mass is 32.2. The van der Waals surface area contributed by atoms with Crippen molar-refractivity contribution in [1.82, 2.24) is 4.31 Å². The number of ketones is 1. The average molecular weight is 438 g/mol. The Bertz CT molecular complexity index is 873. The lowest BCUT2D eigenvalue weighted by atomic mass is 9.85. The third-order valence-electron chi connectivity index (χ3n) is 7.12. The first-order valence-electron chi connectivity index (χ1n) is 10.6. The maximum absolute atomic E-state index is 13.6. The first kappa shape index (κ1) is 22.7. The lowest BCUT2D eigenvalue weighted by Gasteiger charge is -2.48. The molecule has 7 heteroatoms. The molecular weight excluding hydrogens is 402 g/mol. The molecule has 1 spiro atoms. The highest BCUT2D eigenvalue weighted by Gasteiger charge is 2.55. The molecule has 1 saturated heterocycles.